The van der Waals surface area contributed by atoms with Gasteiger partial charge in [0.2, 0.25) is 0 Å². The number of nitrogens with one attached hydrogen (secondary N) is 1. The summed E-state index contributed by atoms with van der Waals surface area (Å²) in [7, 11) is 0. The van der Waals surface area contributed by atoms with E-state index in [1.54, 1.807) is 0 Å². The lowest BCUT2D eigenvalue weighted by Crippen LogP contribution is -2.52. The largest absolute Gasteiger partial charge is 0.445 e. The van der Waals surface area contributed by atoms with Crippen LogP contribution in [0.4, 0.5) is 37.0 Å². The van der Waals surface area contributed by atoms with Crippen LogP contribution in [0.1, 0.15) is 41.6 Å². The number of hydrogen-bond donors (Lipinski definition) is 1. The van der Waals surface area contributed by atoms with Crippen molar-refractivity contribution in [1.29, 1.82) is 0 Å². The van der Waals surface area contributed by atoms with Crippen molar-refractivity contribution in [3.63, 3.8) is 0 Å². The Labute approximate surface area is 203 Å². The zero-order valence-corrected chi connectivity index (χ0v) is 19.3. The number of halogens is 6. The second-order valence-corrected chi connectivity index (χ2v) is 9.59. The minimum absolute atomic E-state index is 0.0440. The van der Waals surface area contributed by atoms with E-state index in [2.05, 4.69) is 10.2 Å². The molecule has 196 valence electrons. The Morgan fingerprint density at radius 3 is 2.33 bits per heavy atom. The Bertz CT molecular complexity index is 1110. The summed E-state index contributed by atoms with van der Waals surface area (Å²) >= 11 is 0. The maximum Gasteiger partial charge on any atom is 0.416 e. The molecule has 1 amide bonds. The number of hydrogen-bond acceptors (Lipinski definition) is 5. The lowest BCUT2D eigenvalue weighted by Gasteiger charge is -2.34. The van der Waals surface area contributed by atoms with Crippen LogP contribution in [0, 0.1) is 0 Å². The number of aryl methyl sites for hydroxylation is 1. The van der Waals surface area contributed by atoms with Gasteiger partial charge in [-0.3, -0.25) is 4.68 Å². The van der Waals surface area contributed by atoms with E-state index in [0.29, 0.717) is 31.6 Å². The predicted octanol–water partition coefficient (Wildman–Crippen LogP) is 4.41. The molecule has 1 N–H and O–H groups in total. The molecule has 2 aromatic rings. The molecule has 0 atom stereocenters. The Kier molecular flexibility index (Phi) is 6.08. The average molecular weight is 517 g/mol. The summed E-state index contributed by atoms with van der Waals surface area (Å²) in [5, 5.41) is 8.25. The van der Waals surface area contributed by atoms with Gasteiger partial charge in [-0.1, -0.05) is 0 Å². The lowest BCUT2D eigenvalue weighted by molar-refractivity contribution is -0.143. The topological polar surface area (TPSA) is 62.6 Å². The van der Waals surface area contributed by atoms with Crippen LogP contribution in [0.3, 0.4) is 0 Å². The summed E-state index contributed by atoms with van der Waals surface area (Å²) in [6.45, 7) is 2.93. The van der Waals surface area contributed by atoms with Gasteiger partial charge in [-0.15, -0.1) is 0 Å². The van der Waals surface area contributed by atoms with E-state index in [1.807, 2.05) is 10.7 Å². The Hall–Kier alpha value is -2.96. The van der Waals surface area contributed by atoms with Crippen molar-refractivity contribution in [1.82, 2.24) is 20.0 Å². The maximum absolute atomic E-state index is 13.1. The van der Waals surface area contributed by atoms with Gasteiger partial charge in [0.1, 0.15) is 6.61 Å². The number of carbonyl (C=O) groups excluding carboxylic acids is 1. The third-order valence-electron chi connectivity index (χ3n) is 6.82. The quantitative estimate of drug-likeness (QED) is 0.612. The van der Waals surface area contributed by atoms with Gasteiger partial charge < -0.3 is 19.9 Å². The van der Waals surface area contributed by atoms with Gasteiger partial charge in [0.15, 0.2) is 5.82 Å². The van der Waals surface area contributed by atoms with Crippen molar-refractivity contribution in [3.8, 4) is 0 Å². The van der Waals surface area contributed by atoms with Gasteiger partial charge in [-0.25, -0.2) is 4.79 Å². The van der Waals surface area contributed by atoms with Gasteiger partial charge >= 0.3 is 18.4 Å². The SMILES string of the molecule is O=C(OCc1cc(C(F)(F)F)cc(C(F)(F)F)c1)N1CCCn2nc(N3CCNC4(CC4)C3)cc2C1. The summed E-state index contributed by atoms with van der Waals surface area (Å²) in [5.41, 5.74) is -2.32. The van der Waals surface area contributed by atoms with Gasteiger partial charge in [0, 0.05) is 44.3 Å². The van der Waals surface area contributed by atoms with Crippen LogP contribution in [-0.4, -0.2) is 52.5 Å². The zero-order valence-electron chi connectivity index (χ0n) is 19.3. The van der Waals surface area contributed by atoms with E-state index in [0.717, 1.165) is 44.0 Å². The highest BCUT2D eigenvalue weighted by atomic mass is 19.4. The zero-order chi connectivity index (χ0) is 25.7. The molecule has 0 bridgehead atoms. The highest BCUT2D eigenvalue weighted by Gasteiger charge is 2.46. The van der Waals surface area contributed by atoms with Crippen molar-refractivity contribution in [2.45, 2.75) is 56.9 Å². The Balaban J connectivity index is 1.26. The highest BCUT2D eigenvalue weighted by Crippen LogP contribution is 2.39. The molecule has 0 unspecified atom stereocenters. The van der Waals surface area contributed by atoms with E-state index in [4.69, 9.17) is 9.84 Å². The highest BCUT2D eigenvalue weighted by molar-refractivity contribution is 5.67. The standard InChI is InChI=1S/C23H25F6N5O2/c24-22(25,26)16-8-15(9-17(10-16)23(27,28)29)13-36-20(35)32-5-1-6-34-18(12-32)11-19(31-34)33-7-4-30-21(14-33)2-3-21/h8-11,30H,1-7,12-14H2. The number of carbonyl (C=O) groups is 1. The van der Waals surface area contributed by atoms with Crippen LogP contribution in [-0.2, 0) is 36.8 Å². The van der Waals surface area contributed by atoms with Crippen molar-refractivity contribution in [3.05, 3.63) is 46.6 Å². The first kappa shape index (κ1) is 24.7. The molecular weight excluding hydrogens is 492 g/mol. The average Bonchev–Trinajstić information content (AvgIpc) is 3.48. The van der Waals surface area contributed by atoms with E-state index in [1.165, 1.54) is 4.90 Å². The van der Waals surface area contributed by atoms with Gasteiger partial charge in [-0.05, 0) is 43.0 Å². The molecule has 36 heavy (non-hydrogen) atoms. The molecule has 13 heteroatoms. The summed E-state index contributed by atoms with van der Waals surface area (Å²) in [6, 6.07) is 3.09. The van der Waals surface area contributed by atoms with Gasteiger partial charge in [-0.2, -0.15) is 31.4 Å². The fraction of sp³-hybridized carbons (Fsp3) is 0.565. The van der Waals surface area contributed by atoms with Gasteiger partial charge in [0.05, 0.1) is 23.4 Å². The molecule has 1 spiro atoms. The van der Waals surface area contributed by atoms with E-state index < -0.39 is 36.2 Å². The molecule has 1 saturated carbocycles. The van der Waals surface area contributed by atoms with Crippen LogP contribution in [0.25, 0.3) is 0 Å². The normalized spacial score (nSPS) is 19.7. The first-order chi connectivity index (χ1) is 16.9. The number of nitrogens with zero attached hydrogens (tertiary/aromatic N) is 4. The van der Waals surface area contributed by atoms with Crippen LogP contribution >= 0.6 is 0 Å². The fourth-order valence-corrected chi connectivity index (χ4v) is 4.73. The summed E-state index contributed by atoms with van der Waals surface area (Å²) < 4.78 is 85.5. The van der Waals surface area contributed by atoms with Crippen molar-refractivity contribution in [2.24, 2.45) is 0 Å². The molecule has 1 aromatic carbocycles. The molecule has 2 fully saturated rings. The number of alkyl halides is 6. The first-order valence-corrected chi connectivity index (χ1v) is 11.7. The summed E-state index contributed by atoms with van der Waals surface area (Å²) in [4.78, 5) is 16.3. The number of rotatable bonds is 3. The molecule has 0 radical (unpaired) electrons. The number of amides is 1. The minimum atomic E-state index is -4.97. The number of fused-ring (bicyclic) bond motifs is 1. The second-order valence-electron chi connectivity index (χ2n) is 9.59. The van der Waals surface area contributed by atoms with E-state index in [-0.39, 0.29) is 23.7 Å². The smallest absolute Gasteiger partial charge is 0.416 e. The number of benzene rings is 1. The van der Waals surface area contributed by atoms with Crippen LogP contribution in [0.5, 0.6) is 0 Å². The molecule has 1 aliphatic carbocycles. The molecule has 2 aliphatic heterocycles. The van der Waals surface area contributed by atoms with Crippen molar-refractivity contribution in [2.75, 3.05) is 31.1 Å². The molecule has 3 heterocycles. The molecule has 5 rings (SSSR count). The Morgan fingerprint density at radius 2 is 1.69 bits per heavy atom. The number of ether oxygens (including phenoxy) is 1. The molecular formula is C23H25F6N5O2. The van der Waals surface area contributed by atoms with Crippen LogP contribution < -0.4 is 10.2 Å². The van der Waals surface area contributed by atoms with E-state index in [9.17, 15) is 31.1 Å². The third-order valence-corrected chi connectivity index (χ3v) is 6.82. The third kappa shape index (κ3) is 5.25. The molecule has 7 nitrogen and oxygen atoms in total. The summed E-state index contributed by atoms with van der Waals surface area (Å²) in [5.74, 6) is 0.830. The van der Waals surface area contributed by atoms with Crippen LogP contribution in [0.2, 0.25) is 0 Å². The van der Waals surface area contributed by atoms with Crippen molar-refractivity contribution >= 4 is 11.9 Å². The number of aromatic nitrogens is 2. The molecule has 1 aromatic heterocycles. The van der Waals surface area contributed by atoms with Crippen molar-refractivity contribution < 1.29 is 35.9 Å². The van der Waals surface area contributed by atoms with Crippen LogP contribution in [0.15, 0.2) is 24.3 Å². The van der Waals surface area contributed by atoms with E-state index >= 15 is 0 Å². The summed E-state index contributed by atoms with van der Waals surface area (Å²) in [6.07, 6.45) is -7.90. The maximum atomic E-state index is 13.1. The molecule has 3 aliphatic rings. The van der Waals surface area contributed by atoms with Gasteiger partial charge in [0.25, 0.3) is 0 Å². The minimum Gasteiger partial charge on any atom is -0.445 e. The first-order valence-electron chi connectivity index (χ1n) is 11.7. The molecule has 1 saturated heterocycles. The Morgan fingerprint density at radius 1 is 1.00 bits per heavy atom. The monoisotopic (exact) mass is 517 g/mol. The second kappa shape index (κ2) is 8.86. The predicted molar refractivity (Wildman–Crippen MR) is 116 cm³/mol. The fourth-order valence-electron chi connectivity index (χ4n) is 4.73. The number of anilines is 1. The number of piperazine rings is 1. The lowest BCUT2D eigenvalue weighted by atomic mass is 10.1.